The van der Waals surface area contributed by atoms with Crippen molar-refractivity contribution >= 4 is 0 Å². The Kier molecular flexibility index (Phi) is 5.03. The minimum atomic E-state index is 0.354. The van der Waals surface area contributed by atoms with Crippen molar-refractivity contribution in [3.8, 4) is 16.9 Å². The molecule has 0 aliphatic heterocycles. The molecule has 1 atom stereocenters. The van der Waals surface area contributed by atoms with Gasteiger partial charge in [-0.2, -0.15) is 0 Å². The summed E-state index contributed by atoms with van der Waals surface area (Å²) in [5, 5.41) is 3.46. The molecule has 0 aliphatic rings. The zero-order valence-electron chi connectivity index (χ0n) is 13.7. The fourth-order valence-corrected chi connectivity index (χ4v) is 2.68. The number of ether oxygens (including phenoxy) is 1. The maximum absolute atomic E-state index is 5.64. The lowest BCUT2D eigenvalue weighted by Crippen LogP contribution is -2.17. The van der Waals surface area contributed by atoms with Gasteiger partial charge in [0.1, 0.15) is 5.75 Å². The second-order valence-electron chi connectivity index (χ2n) is 5.49. The molecule has 0 aliphatic carbocycles. The molecule has 112 valence electrons. The molecule has 0 radical (unpaired) electrons. The third kappa shape index (κ3) is 3.27. The zero-order chi connectivity index (χ0) is 15.4. The summed E-state index contributed by atoms with van der Waals surface area (Å²) in [5.74, 6) is 0.975. The van der Waals surface area contributed by atoms with Gasteiger partial charge in [-0.05, 0) is 55.6 Å². The summed E-state index contributed by atoms with van der Waals surface area (Å²) in [5.41, 5.74) is 6.13. The molecule has 2 aromatic rings. The summed E-state index contributed by atoms with van der Waals surface area (Å²) in [6.45, 7) is 9.53. The van der Waals surface area contributed by atoms with Gasteiger partial charge in [0.15, 0.2) is 0 Å². The van der Waals surface area contributed by atoms with Gasteiger partial charge >= 0.3 is 0 Å². The highest BCUT2D eigenvalue weighted by Crippen LogP contribution is 2.35. The van der Waals surface area contributed by atoms with Crippen LogP contribution in [0.5, 0.6) is 5.75 Å². The van der Waals surface area contributed by atoms with Crippen LogP contribution in [0.3, 0.4) is 0 Å². The van der Waals surface area contributed by atoms with Crippen molar-refractivity contribution in [1.82, 2.24) is 5.32 Å². The first-order valence-corrected chi connectivity index (χ1v) is 7.56. The molecule has 0 fully saturated rings. The Balaban J connectivity index is 2.48. The summed E-state index contributed by atoms with van der Waals surface area (Å²) < 4.78 is 5.64. The summed E-state index contributed by atoms with van der Waals surface area (Å²) >= 11 is 0. The molecule has 2 heteroatoms. The van der Waals surface area contributed by atoms with Crippen LogP contribution >= 0.6 is 0 Å². The van der Waals surface area contributed by atoms with Gasteiger partial charge in [-0.25, -0.2) is 0 Å². The Morgan fingerprint density at radius 3 is 2.57 bits per heavy atom. The van der Waals surface area contributed by atoms with E-state index in [1.54, 1.807) is 7.11 Å². The van der Waals surface area contributed by atoms with Gasteiger partial charge in [0.25, 0.3) is 0 Å². The normalized spacial score (nSPS) is 12.2. The highest BCUT2D eigenvalue weighted by atomic mass is 16.5. The highest BCUT2D eigenvalue weighted by molar-refractivity contribution is 5.73. The average Bonchev–Trinajstić information content (AvgIpc) is 2.50. The quantitative estimate of drug-likeness (QED) is 0.862. The van der Waals surface area contributed by atoms with Crippen molar-refractivity contribution in [3.63, 3.8) is 0 Å². The predicted molar refractivity (Wildman–Crippen MR) is 90.0 cm³/mol. The first-order chi connectivity index (χ1) is 10.1. The highest BCUT2D eigenvalue weighted by Gasteiger charge is 2.12. The Morgan fingerprint density at radius 1 is 1.14 bits per heavy atom. The number of benzene rings is 2. The Bertz CT molecular complexity index is 619. The SMILES string of the molecule is CCNC(C)c1cccc(-c2ccc(C)c(C)c2OC)c1. The second kappa shape index (κ2) is 6.77. The van der Waals surface area contributed by atoms with Crippen LogP contribution < -0.4 is 10.1 Å². The summed E-state index contributed by atoms with van der Waals surface area (Å²) in [7, 11) is 1.75. The zero-order valence-corrected chi connectivity index (χ0v) is 13.7. The van der Waals surface area contributed by atoms with Crippen molar-refractivity contribution in [2.75, 3.05) is 13.7 Å². The standard InChI is InChI=1S/C19H25NO/c1-6-20-15(4)16-8-7-9-17(12-16)18-11-10-13(2)14(3)19(18)21-5/h7-12,15,20H,6H2,1-5H3. The van der Waals surface area contributed by atoms with Crippen LogP contribution in [0, 0.1) is 13.8 Å². The van der Waals surface area contributed by atoms with Crippen molar-refractivity contribution in [3.05, 3.63) is 53.1 Å². The molecule has 2 rings (SSSR count). The van der Waals surface area contributed by atoms with E-state index in [1.165, 1.54) is 22.3 Å². The number of hydrogen-bond donors (Lipinski definition) is 1. The van der Waals surface area contributed by atoms with Crippen molar-refractivity contribution in [2.45, 2.75) is 33.7 Å². The Labute approximate surface area is 128 Å². The monoisotopic (exact) mass is 283 g/mol. The summed E-state index contributed by atoms with van der Waals surface area (Å²) in [6.07, 6.45) is 0. The largest absolute Gasteiger partial charge is 0.496 e. The van der Waals surface area contributed by atoms with E-state index >= 15 is 0 Å². The third-order valence-corrected chi connectivity index (χ3v) is 4.09. The first-order valence-electron chi connectivity index (χ1n) is 7.56. The molecule has 2 aromatic carbocycles. The molecule has 0 heterocycles. The molecule has 1 unspecified atom stereocenters. The van der Waals surface area contributed by atoms with E-state index in [9.17, 15) is 0 Å². The van der Waals surface area contributed by atoms with Crippen molar-refractivity contribution < 1.29 is 4.74 Å². The molecule has 0 spiro atoms. The molecular weight excluding hydrogens is 258 g/mol. The van der Waals surface area contributed by atoms with Gasteiger partial charge in [0.2, 0.25) is 0 Å². The molecule has 0 bridgehead atoms. The maximum Gasteiger partial charge on any atom is 0.129 e. The van der Waals surface area contributed by atoms with Crippen LogP contribution in [0.4, 0.5) is 0 Å². The molecule has 21 heavy (non-hydrogen) atoms. The lowest BCUT2D eigenvalue weighted by Gasteiger charge is -2.17. The van der Waals surface area contributed by atoms with Gasteiger partial charge < -0.3 is 10.1 Å². The average molecular weight is 283 g/mol. The molecule has 0 aromatic heterocycles. The van der Waals surface area contributed by atoms with E-state index in [-0.39, 0.29) is 0 Å². The smallest absolute Gasteiger partial charge is 0.129 e. The van der Waals surface area contributed by atoms with Crippen LogP contribution in [0.25, 0.3) is 11.1 Å². The van der Waals surface area contributed by atoms with E-state index in [4.69, 9.17) is 4.74 Å². The first kappa shape index (κ1) is 15.6. The number of rotatable bonds is 5. The van der Waals surface area contributed by atoms with Gasteiger partial charge in [-0.15, -0.1) is 0 Å². The molecule has 0 saturated heterocycles. The Morgan fingerprint density at radius 2 is 1.90 bits per heavy atom. The van der Waals surface area contributed by atoms with Gasteiger partial charge in [-0.1, -0.05) is 37.3 Å². The maximum atomic E-state index is 5.64. The molecular formula is C19H25NO. The van der Waals surface area contributed by atoms with Crippen LogP contribution in [0.1, 0.15) is 36.6 Å². The molecule has 1 N–H and O–H groups in total. The summed E-state index contributed by atoms with van der Waals surface area (Å²) in [6, 6.07) is 13.4. The topological polar surface area (TPSA) is 21.3 Å². The van der Waals surface area contributed by atoms with E-state index < -0.39 is 0 Å². The lowest BCUT2D eigenvalue weighted by atomic mass is 9.96. The van der Waals surface area contributed by atoms with Gasteiger partial charge in [-0.3, -0.25) is 0 Å². The number of aryl methyl sites for hydroxylation is 1. The molecule has 0 amide bonds. The van der Waals surface area contributed by atoms with E-state index in [1.807, 2.05) is 0 Å². The van der Waals surface area contributed by atoms with Crippen LogP contribution in [0.2, 0.25) is 0 Å². The number of nitrogens with one attached hydrogen (secondary N) is 1. The van der Waals surface area contributed by atoms with E-state index in [2.05, 4.69) is 69.4 Å². The number of methoxy groups -OCH3 is 1. The lowest BCUT2D eigenvalue weighted by molar-refractivity contribution is 0.413. The fraction of sp³-hybridized carbons (Fsp3) is 0.368. The van der Waals surface area contributed by atoms with Gasteiger partial charge in [0.05, 0.1) is 7.11 Å². The molecule has 0 saturated carbocycles. The molecule has 2 nitrogen and oxygen atoms in total. The fourth-order valence-electron chi connectivity index (χ4n) is 2.68. The van der Waals surface area contributed by atoms with Crippen molar-refractivity contribution in [2.24, 2.45) is 0 Å². The van der Waals surface area contributed by atoms with Gasteiger partial charge in [0, 0.05) is 11.6 Å². The Hall–Kier alpha value is -1.80. The predicted octanol–water partition coefficient (Wildman–Crippen LogP) is 4.65. The number of hydrogen-bond acceptors (Lipinski definition) is 2. The summed E-state index contributed by atoms with van der Waals surface area (Å²) in [4.78, 5) is 0. The van der Waals surface area contributed by atoms with E-state index in [0.717, 1.165) is 17.9 Å². The minimum absolute atomic E-state index is 0.354. The van der Waals surface area contributed by atoms with Crippen LogP contribution in [0.15, 0.2) is 36.4 Å². The van der Waals surface area contributed by atoms with Crippen molar-refractivity contribution in [1.29, 1.82) is 0 Å². The second-order valence-corrected chi connectivity index (χ2v) is 5.49. The van der Waals surface area contributed by atoms with Crippen LogP contribution in [-0.2, 0) is 0 Å². The van der Waals surface area contributed by atoms with E-state index in [0.29, 0.717) is 6.04 Å². The minimum Gasteiger partial charge on any atom is -0.496 e. The third-order valence-electron chi connectivity index (χ3n) is 4.09. The van der Waals surface area contributed by atoms with Crippen LogP contribution in [-0.4, -0.2) is 13.7 Å².